The van der Waals surface area contributed by atoms with Crippen LogP contribution < -0.4 is 15.9 Å². The third kappa shape index (κ3) is 5.12. The summed E-state index contributed by atoms with van der Waals surface area (Å²) in [4.78, 5) is 4.63. The van der Waals surface area contributed by atoms with Gasteiger partial charge in [0.05, 0.1) is 6.54 Å². The van der Waals surface area contributed by atoms with Crippen molar-refractivity contribution < 1.29 is 0 Å². The molecule has 3 nitrogen and oxygen atoms in total. The lowest BCUT2D eigenvalue weighted by atomic mass is 10.0. The zero-order valence-electron chi connectivity index (χ0n) is 19.5. The van der Waals surface area contributed by atoms with Crippen molar-refractivity contribution in [3.63, 3.8) is 0 Å². The first kappa shape index (κ1) is 22.5. The number of hydrogen-bond donors (Lipinski definition) is 1. The summed E-state index contributed by atoms with van der Waals surface area (Å²) in [5.74, 6) is 1.42. The summed E-state index contributed by atoms with van der Waals surface area (Å²) in [6.45, 7) is 3.88. The Labute approximate surface area is 203 Å². The van der Waals surface area contributed by atoms with Crippen LogP contribution in [-0.4, -0.2) is 15.6 Å². The van der Waals surface area contributed by atoms with E-state index in [2.05, 4.69) is 137 Å². The average Bonchev–Trinajstić information content (AvgIpc) is 3.55. The second kappa shape index (κ2) is 10.8. The van der Waals surface area contributed by atoms with Crippen LogP contribution in [0.3, 0.4) is 0 Å². The maximum absolute atomic E-state index is 4.63. The first-order chi connectivity index (χ1) is 16.8. The van der Waals surface area contributed by atoms with Crippen molar-refractivity contribution in [3.8, 4) is 0 Å². The van der Waals surface area contributed by atoms with Gasteiger partial charge in [-0.2, -0.15) is 0 Å². The third-order valence-electron chi connectivity index (χ3n) is 6.33. The van der Waals surface area contributed by atoms with Gasteiger partial charge in [-0.05, 0) is 36.3 Å². The molecule has 0 saturated carbocycles. The standard InChI is InChI=1S/C30H30N3P/c1-24(32-22-30-31-20-21-33(30)23-25-12-5-2-6-13-25)28-18-11-19-29(28)34(26-14-7-3-8-15-26)27-16-9-4-10-17-27/h2-21,24,28,32H,22-23H2,1H3/t24-,28?/m0/s1. The van der Waals surface area contributed by atoms with Gasteiger partial charge in [-0.25, -0.2) is 4.98 Å². The first-order valence-electron chi connectivity index (χ1n) is 11.9. The van der Waals surface area contributed by atoms with Crippen molar-refractivity contribution in [1.29, 1.82) is 0 Å². The van der Waals surface area contributed by atoms with Crippen LogP contribution in [0.25, 0.3) is 0 Å². The van der Waals surface area contributed by atoms with Crippen LogP contribution in [0.2, 0.25) is 0 Å². The topological polar surface area (TPSA) is 29.9 Å². The summed E-state index contributed by atoms with van der Waals surface area (Å²) in [6.07, 6.45) is 10.9. The van der Waals surface area contributed by atoms with Gasteiger partial charge in [0, 0.05) is 30.9 Å². The largest absolute Gasteiger partial charge is 0.329 e. The molecule has 3 aromatic carbocycles. The molecule has 0 fully saturated rings. The highest BCUT2D eigenvalue weighted by Crippen LogP contribution is 2.49. The summed E-state index contributed by atoms with van der Waals surface area (Å²) in [6, 6.07) is 32.7. The van der Waals surface area contributed by atoms with E-state index in [-0.39, 0.29) is 0 Å². The molecule has 0 amide bonds. The number of nitrogens with one attached hydrogen (secondary N) is 1. The molecule has 1 N–H and O–H groups in total. The van der Waals surface area contributed by atoms with E-state index in [1.54, 1.807) is 0 Å². The summed E-state index contributed by atoms with van der Waals surface area (Å²) >= 11 is 0. The number of benzene rings is 3. The molecule has 0 spiro atoms. The molecule has 170 valence electrons. The van der Waals surface area contributed by atoms with Crippen molar-refractivity contribution in [3.05, 3.63) is 138 Å². The molecule has 4 aromatic rings. The summed E-state index contributed by atoms with van der Waals surface area (Å²) in [7, 11) is -0.581. The molecule has 34 heavy (non-hydrogen) atoms. The van der Waals surface area contributed by atoms with E-state index in [1.807, 2.05) is 6.20 Å². The summed E-state index contributed by atoms with van der Waals surface area (Å²) in [5.41, 5.74) is 1.29. The molecular formula is C30H30N3P. The zero-order valence-corrected chi connectivity index (χ0v) is 20.4. The quantitative estimate of drug-likeness (QED) is 0.327. The average molecular weight is 464 g/mol. The van der Waals surface area contributed by atoms with Crippen molar-refractivity contribution in [2.24, 2.45) is 5.92 Å². The Bertz CT molecular complexity index is 1210. The molecule has 2 atom stereocenters. The van der Waals surface area contributed by atoms with Crippen LogP contribution in [0.5, 0.6) is 0 Å². The Balaban J connectivity index is 1.32. The molecular weight excluding hydrogens is 433 g/mol. The zero-order chi connectivity index (χ0) is 23.2. The van der Waals surface area contributed by atoms with E-state index < -0.39 is 7.92 Å². The highest BCUT2D eigenvalue weighted by molar-refractivity contribution is 7.76. The molecule has 0 radical (unpaired) electrons. The number of allylic oxidation sites excluding steroid dienone is 2. The fourth-order valence-corrected chi connectivity index (χ4v) is 7.22. The minimum absolute atomic E-state index is 0.296. The van der Waals surface area contributed by atoms with E-state index in [9.17, 15) is 0 Å². The van der Waals surface area contributed by atoms with Gasteiger partial charge in [0.15, 0.2) is 0 Å². The van der Waals surface area contributed by atoms with Crippen LogP contribution in [0.1, 0.15) is 18.3 Å². The van der Waals surface area contributed by atoms with Crippen molar-refractivity contribution in [1.82, 2.24) is 14.9 Å². The second-order valence-corrected chi connectivity index (χ2v) is 10.9. The third-order valence-corrected chi connectivity index (χ3v) is 8.92. The van der Waals surface area contributed by atoms with Crippen LogP contribution in [0.15, 0.2) is 127 Å². The van der Waals surface area contributed by atoms with Gasteiger partial charge >= 0.3 is 0 Å². The molecule has 1 aliphatic rings. The molecule has 1 aromatic heterocycles. The smallest absolute Gasteiger partial charge is 0.122 e. The van der Waals surface area contributed by atoms with Gasteiger partial charge in [0.1, 0.15) is 5.82 Å². The Hall–Kier alpha value is -3.26. The van der Waals surface area contributed by atoms with E-state index >= 15 is 0 Å². The van der Waals surface area contributed by atoms with E-state index in [1.165, 1.54) is 21.5 Å². The predicted molar refractivity (Wildman–Crippen MR) is 144 cm³/mol. The van der Waals surface area contributed by atoms with Gasteiger partial charge in [0.2, 0.25) is 0 Å². The molecule has 0 saturated heterocycles. The minimum atomic E-state index is -0.581. The Morgan fingerprint density at radius 2 is 1.50 bits per heavy atom. The van der Waals surface area contributed by atoms with Crippen molar-refractivity contribution >= 4 is 18.5 Å². The van der Waals surface area contributed by atoms with Gasteiger partial charge in [0.25, 0.3) is 0 Å². The number of rotatable bonds is 9. The maximum Gasteiger partial charge on any atom is 0.122 e. The lowest BCUT2D eigenvalue weighted by Gasteiger charge is -2.29. The fourth-order valence-electron chi connectivity index (χ4n) is 4.54. The SMILES string of the molecule is C[C@H](NCc1nccn1Cc1ccccc1)C1C=CC=C1P(c1ccccc1)c1ccccc1. The minimum Gasteiger partial charge on any atom is -0.329 e. The Morgan fingerprint density at radius 3 is 2.15 bits per heavy atom. The first-order valence-corrected chi connectivity index (χ1v) is 13.2. The normalized spacial score (nSPS) is 16.1. The lowest BCUT2D eigenvalue weighted by molar-refractivity contribution is 0.472. The highest BCUT2D eigenvalue weighted by atomic mass is 31.1. The lowest BCUT2D eigenvalue weighted by Crippen LogP contribution is -2.34. The van der Waals surface area contributed by atoms with Crippen LogP contribution >= 0.6 is 7.92 Å². The number of imidazole rings is 1. The molecule has 1 heterocycles. The number of aromatic nitrogens is 2. The predicted octanol–water partition coefficient (Wildman–Crippen LogP) is 5.61. The fraction of sp³-hybridized carbons (Fsp3) is 0.167. The van der Waals surface area contributed by atoms with Crippen LogP contribution in [0.4, 0.5) is 0 Å². The van der Waals surface area contributed by atoms with E-state index in [0.717, 1.165) is 18.9 Å². The van der Waals surface area contributed by atoms with Gasteiger partial charge in [-0.1, -0.05) is 109 Å². The molecule has 0 bridgehead atoms. The summed E-state index contributed by atoms with van der Waals surface area (Å²) in [5, 5.41) is 8.07. The Kier molecular flexibility index (Phi) is 7.14. The monoisotopic (exact) mass is 463 g/mol. The van der Waals surface area contributed by atoms with Gasteiger partial charge in [-0.15, -0.1) is 0 Å². The van der Waals surface area contributed by atoms with Crippen molar-refractivity contribution in [2.75, 3.05) is 0 Å². The number of nitrogens with zero attached hydrogens (tertiary/aromatic N) is 2. The Morgan fingerprint density at radius 1 is 0.882 bits per heavy atom. The van der Waals surface area contributed by atoms with Gasteiger partial charge in [-0.3, -0.25) is 0 Å². The highest BCUT2D eigenvalue weighted by Gasteiger charge is 2.29. The summed E-state index contributed by atoms with van der Waals surface area (Å²) < 4.78 is 2.23. The molecule has 4 heteroatoms. The molecule has 0 aliphatic heterocycles. The van der Waals surface area contributed by atoms with Gasteiger partial charge < -0.3 is 9.88 Å². The second-order valence-electron chi connectivity index (χ2n) is 8.64. The van der Waals surface area contributed by atoms with Crippen LogP contribution in [-0.2, 0) is 13.1 Å². The number of hydrogen-bond acceptors (Lipinski definition) is 2. The molecule has 1 unspecified atom stereocenters. The molecule has 1 aliphatic carbocycles. The van der Waals surface area contributed by atoms with E-state index in [0.29, 0.717) is 12.0 Å². The molecule has 5 rings (SSSR count). The van der Waals surface area contributed by atoms with Crippen molar-refractivity contribution in [2.45, 2.75) is 26.1 Å². The maximum atomic E-state index is 4.63. The van der Waals surface area contributed by atoms with Crippen LogP contribution in [0, 0.1) is 5.92 Å². The van der Waals surface area contributed by atoms with E-state index in [4.69, 9.17) is 0 Å².